The zero-order chi connectivity index (χ0) is 14.9. The molecule has 1 fully saturated rings. The van der Waals surface area contributed by atoms with Crippen LogP contribution in [-0.2, 0) is 4.79 Å². The van der Waals surface area contributed by atoms with Crippen LogP contribution in [0.25, 0.3) is 0 Å². The number of nitriles is 1. The van der Waals surface area contributed by atoms with E-state index in [0.29, 0.717) is 12.1 Å². The first-order valence-corrected chi connectivity index (χ1v) is 6.78. The normalized spacial score (nSPS) is 17.9. The molecule has 0 N–H and O–H groups in total. The van der Waals surface area contributed by atoms with Crippen LogP contribution in [0.5, 0.6) is 0 Å². The Morgan fingerprint density at radius 2 is 2.20 bits per heavy atom. The topological polar surface area (TPSA) is 60.2 Å². The molecule has 0 saturated carbocycles. The molecule has 0 bridgehead atoms. The van der Waals surface area contributed by atoms with E-state index in [9.17, 15) is 10.1 Å². The molecule has 1 aromatic heterocycles. The van der Waals surface area contributed by atoms with Crippen molar-refractivity contribution in [1.82, 2.24) is 9.88 Å². The first-order valence-electron chi connectivity index (χ1n) is 6.78. The summed E-state index contributed by atoms with van der Waals surface area (Å²) in [6.07, 6.45) is 0.816. The molecule has 5 nitrogen and oxygen atoms in total. The van der Waals surface area contributed by atoms with Crippen molar-refractivity contribution < 1.29 is 4.79 Å². The van der Waals surface area contributed by atoms with Crippen LogP contribution >= 0.6 is 0 Å². The van der Waals surface area contributed by atoms with Crippen LogP contribution in [0, 0.1) is 31.1 Å². The molecular formula is C15H20N4O. The summed E-state index contributed by atoms with van der Waals surface area (Å²) in [6.45, 7) is 5.27. The molecule has 0 spiro atoms. The summed E-state index contributed by atoms with van der Waals surface area (Å²) in [5.41, 5.74) is 2.46. The second-order valence-electron chi connectivity index (χ2n) is 5.56. The molecule has 20 heavy (non-hydrogen) atoms. The van der Waals surface area contributed by atoms with Gasteiger partial charge in [-0.3, -0.25) is 4.79 Å². The maximum Gasteiger partial charge on any atom is 0.227 e. The summed E-state index contributed by atoms with van der Waals surface area (Å²) in [5.74, 6) is 0.869. The third-order valence-electron chi connectivity index (χ3n) is 3.72. The summed E-state index contributed by atoms with van der Waals surface area (Å²) in [5, 5.41) is 9.32. The van der Waals surface area contributed by atoms with Gasteiger partial charge in [-0.25, -0.2) is 4.98 Å². The first kappa shape index (κ1) is 14.3. The van der Waals surface area contributed by atoms with Gasteiger partial charge in [-0.2, -0.15) is 5.26 Å². The number of nitrogens with zero attached hydrogens (tertiary/aromatic N) is 4. The maximum atomic E-state index is 12.0. The van der Waals surface area contributed by atoms with Gasteiger partial charge >= 0.3 is 0 Å². The van der Waals surface area contributed by atoms with E-state index in [1.165, 1.54) is 0 Å². The van der Waals surface area contributed by atoms with Crippen LogP contribution in [0.1, 0.15) is 23.2 Å². The predicted molar refractivity (Wildman–Crippen MR) is 77.4 cm³/mol. The Balaban J connectivity index is 2.27. The molecule has 1 aromatic rings. The molecule has 2 rings (SSSR count). The average molecular weight is 272 g/mol. The highest BCUT2D eigenvalue weighted by atomic mass is 16.2. The van der Waals surface area contributed by atoms with Crippen molar-refractivity contribution >= 4 is 11.7 Å². The number of hydrogen-bond donors (Lipinski definition) is 0. The summed E-state index contributed by atoms with van der Waals surface area (Å²) >= 11 is 0. The van der Waals surface area contributed by atoms with Gasteiger partial charge in [-0.1, -0.05) is 0 Å². The minimum atomic E-state index is -0.000777. The van der Waals surface area contributed by atoms with E-state index in [4.69, 9.17) is 0 Å². The van der Waals surface area contributed by atoms with Gasteiger partial charge in [-0.15, -0.1) is 0 Å². The predicted octanol–water partition coefficient (Wildman–Crippen LogP) is 1.48. The van der Waals surface area contributed by atoms with Gasteiger partial charge in [0.25, 0.3) is 0 Å². The van der Waals surface area contributed by atoms with Crippen molar-refractivity contribution in [1.29, 1.82) is 5.26 Å². The van der Waals surface area contributed by atoms with Crippen LogP contribution in [0.3, 0.4) is 0 Å². The number of pyridine rings is 1. The van der Waals surface area contributed by atoms with Crippen LogP contribution in [0.4, 0.5) is 5.82 Å². The Morgan fingerprint density at radius 1 is 1.50 bits per heavy atom. The fourth-order valence-electron chi connectivity index (χ4n) is 2.70. The van der Waals surface area contributed by atoms with Gasteiger partial charge in [0.1, 0.15) is 11.9 Å². The third kappa shape index (κ3) is 2.60. The molecule has 1 atom stereocenters. The summed E-state index contributed by atoms with van der Waals surface area (Å²) in [7, 11) is 3.56. The van der Waals surface area contributed by atoms with E-state index in [1.54, 1.807) is 19.0 Å². The van der Waals surface area contributed by atoms with E-state index >= 15 is 0 Å². The molecule has 1 unspecified atom stereocenters. The van der Waals surface area contributed by atoms with Crippen LogP contribution in [-0.4, -0.2) is 43.0 Å². The lowest BCUT2D eigenvalue weighted by molar-refractivity contribution is -0.132. The number of hydrogen-bond acceptors (Lipinski definition) is 4. The van der Waals surface area contributed by atoms with E-state index in [0.717, 1.165) is 30.0 Å². The van der Waals surface area contributed by atoms with E-state index in [1.807, 2.05) is 19.9 Å². The van der Waals surface area contributed by atoms with Gasteiger partial charge in [0.15, 0.2) is 0 Å². The van der Waals surface area contributed by atoms with E-state index < -0.39 is 0 Å². The SMILES string of the molecule is Cc1cc(C)c(C#N)c(N2CCC(C(=O)N(C)C)C2)n1. The highest BCUT2D eigenvalue weighted by Crippen LogP contribution is 2.28. The number of aryl methyl sites for hydroxylation is 2. The number of carbonyl (C=O) groups excluding carboxylic acids is 1. The van der Waals surface area contributed by atoms with Crippen LogP contribution in [0.15, 0.2) is 6.07 Å². The average Bonchev–Trinajstić information content (AvgIpc) is 2.86. The van der Waals surface area contributed by atoms with Gasteiger partial charge in [0.2, 0.25) is 5.91 Å². The maximum absolute atomic E-state index is 12.0. The Bertz CT molecular complexity index is 574. The lowest BCUT2D eigenvalue weighted by Gasteiger charge is -2.21. The molecule has 1 amide bonds. The van der Waals surface area contributed by atoms with Gasteiger partial charge < -0.3 is 9.80 Å². The fraction of sp³-hybridized carbons (Fsp3) is 0.533. The number of amides is 1. The van der Waals surface area contributed by atoms with E-state index in [2.05, 4.69) is 16.0 Å². The van der Waals surface area contributed by atoms with Gasteiger partial charge in [-0.05, 0) is 31.9 Å². The molecule has 5 heteroatoms. The lowest BCUT2D eigenvalue weighted by atomic mass is 10.1. The fourth-order valence-corrected chi connectivity index (χ4v) is 2.70. The molecule has 0 aliphatic carbocycles. The van der Waals surface area contributed by atoms with Crippen molar-refractivity contribution in [3.05, 3.63) is 22.9 Å². The molecule has 1 aliphatic rings. The molecular weight excluding hydrogens is 252 g/mol. The molecule has 1 saturated heterocycles. The monoisotopic (exact) mass is 272 g/mol. The Kier molecular flexibility index (Phi) is 3.93. The molecule has 106 valence electrons. The van der Waals surface area contributed by atoms with Crippen molar-refractivity contribution in [2.45, 2.75) is 20.3 Å². The number of carbonyl (C=O) groups is 1. The van der Waals surface area contributed by atoms with Crippen LogP contribution in [0.2, 0.25) is 0 Å². The van der Waals surface area contributed by atoms with E-state index in [-0.39, 0.29) is 11.8 Å². The quantitative estimate of drug-likeness (QED) is 0.818. The smallest absolute Gasteiger partial charge is 0.227 e. The van der Waals surface area contributed by atoms with Crippen molar-refractivity contribution in [3.8, 4) is 6.07 Å². The minimum absolute atomic E-state index is 0.000777. The van der Waals surface area contributed by atoms with Crippen molar-refractivity contribution in [2.24, 2.45) is 5.92 Å². The third-order valence-corrected chi connectivity index (χ3v) is 3.72. The first-order chi connectivity index (χ1) is 9.43. The van der Waals surface area contributed by atoms with Crippen LogP contribution < -0.4 is 4.90 Å². The second-order valence-corrected chi connectivity index (χ2v) is 5.56. The largest absolute Gasteiger partial charge is 0.355 e. The van der Waals surface area contributed by atoms with Crippen molar-refractivity contribution in [3.63, 3.8) is 0 Å². The molecule has 0 radical (unpaired) electrons. The molecule has 2 heterocycles. The second kappa shape index (κ2) is 5.49. The molecule has 1 aliphatic heterocycles. The standard InChI is InChI=1S/C15H20N4O/c1-10-7-11(2)17-14(13(10)8-16)19-6-5-12(9-19)15(20)18(3)4/h7,12H,5-6,9H2,1-4H3. The summed E-state index contributed by atoms with van der Waals surface area (Å²) in [6, 6.07) is 4.15. The zero-order valence-corrected chi connectivity index (χ0v) is 12.5. The summed E-state index contributed by atoms with van der Waals surface area (Å²) in [4.78, 5) is 20.2. The number of anilines is 1. The van der Waals surface area contributed by atoms with Gasteiger partial charge in [0, 0.05) is 32.9 Å². The number of rotatable bonds is 2. The minimum Gasteiger partial charge on any atom is -0.355 e. The zero-order valence-electron chi connectivity index (χ0n) is 12.5. The Hall–Kier alpha value is -2.09. The van der Waals surface area contributed by atoms with Crippen molar-refractivity contribution in [2.75, 3.05) is 32.1 Å². The highest BCUT2D eigenvalue weighted by molar-refractivity contribution is 5.80. The Morgan fingerprint density at radius 3 is 2.80 bits per heavy atom. The Labute approximate surface area is 119 Å². The highest BCUT2D eigenvalue weighted by Gasteiger charge is 2.31. The number of aromatic nitrogens is 1. The summed E-state index contributed by atoms with van der Waals surface area (Å²) < 4.78 is 0. The van der Waals surface area contributed by atoms with Gasteiger partial charge in [0.05, 0.1) is 11.5 Å². The molecule has 0 aromatic carbocycles. The lowest BCUT2D eigenvalue weighted by Crippen LogP contribution is -2.32.